The van der Waals surface area contributed by atoms with Gasteiger partial charge in [-0.2, -0.15) is 0 Å². The molecule has 0 spiro atoms. The predicted molar refractivity (Wildman–Crippen MR) is 103 cm³/mol. The molecule has 0 amide bonds. The zero-order chi connectivity index (χ0) is 15.3. The Morgan fingerprint density at radius 3 is 2.86 bits per heavy atom. The molecule has 4 rings (SSSR count). The van der Waals surface area contributed by atoms with Crippen LogP contribution >= 0.6 is 22.6 Å². The standard InChI is InChI=1S/C21H21I/c1-21(2)19-12-15(14-6-4-3-5-7-14)8-10-17(19)18-11-9-16(22)13-20(18)21/h3-4,6,8-11,13,15H,5,7,12H2,1-2H3. The molecule has 1 aromatic rings. The fourth-order valence-corrected chi connectivity index (χ4v) is 4.66. The lowest BCUT2D eigenvalue weighted by Gasteiger charge is -2.30. The molecule has 0 heterocycles. The largest absolute Gasteiger partial charge is 0.0842 e. The van der Waals surface area contributed by atoms with E-state index in [2.05, 4.69) is 85.0 Å². The van der Waals surface area contributed by atoms with E-state index in [1.165, 1.54) is 39.5 Å². The Balaban J connectivity index is 1.74. The highest BCUT2D eigenvalue weighted by Gasteiger charge is 2.39. The fourth-order valence-electron chi connectivity index (χ4n) is 4.17. The van der Waals surface area contributed by atoms with Crippen molar-refractivity contribution < 1.29 is 0 Å². The zero-order valence-corrected chi connectivity index (χ0v) is 15.4. The maximum absolute atomic E-state index is 2.44. The third kappa shape index (κ3) is 2.17. The molecule has 0 fully saturated rings. The maximum atomic E-state index is 2.44. The predicted octanol–water partition coefficient (Wildman–Crippen LogP) is 6.19. The van der Waals surface area contributed by atoms with Crippen LogP contribution in [0.2, 0.25) is 0 Å². The van der Waals surface area contributed by atoms with E-state index >= 15 is 0 Å². The third-order valence-corrected chi connectivity index (χ3v) is 6.14. The first kappa shape index (κ1) is 14.5. The highest BCUT2D eigenvalue weighted by Crippen LogP contribution is 2.52. The van der Waals surface area contributed by atoms with Crippen LogP contribution in [-0.2, 0) is 5.41 Å². The van der Waals surface area contributed by atoms with Gasteiger partial charge in [0.25, 0.3) is 0 Å². The molecule has 0 aliphatic heterocycles. The SMILES string of the molecule is CC1(C)C2=C(C=CC(C3=CC=CCC3)C2)c2ccc(I)cc21. The van der Waals surface area contributed by atoms with Crippen LogP contribution in [0.3, 0.4) is 0 Å². The molecule has 1 unspecified atom stereocenters. The minimum Gasteiger partial charge on any atom is -0.0842 e. The smallest absolute Gasteiger partial charge is 0.0133 e. The van der Waals surface area contributed by atoms with Crippen molar-refractivity contribution in [2.75, 3.05) is 0 Å². The van der Waals surface area contributed by atoms with Crippen LogP contribution in [0.4, 0.5) is 0 Å². The van der Waals surface area contributed by atoms with Crippen molar-refractivity contribution >= 4 is 28.2 Å². The molecule has 0 saturated heterocycles. The van der Waals surface area contributed by atoms with Crippen molar-refractivity contribution in [3.63, 3.8) is 0 Å². The van der Waals surface area contributed by atoms with Gasteiger partial charge in [-0.1, -0.05) is 61.4 Å². The first-order valence-electron chi connectivity index (χ1n) is 8.15. The molecule has 1 atom stereocenters. The Morgan fingerprint density at radius 2 is 2.09 bits per heavy atom. The highest BCUT2D eigenvalue weighted by atomic mass is 127. The maximum Gasteiger partial charge on any atom is 0.0133 e. The molecule has 3 aliphatic carbocycles. The molecule has 22 heavy (non-hydrogen) atoms. The lowest BCUT2D eigenvalue weighted by molar-refractivity contribution is 0.566. The molecular weight excluding hydrogens is 379 g/mol. The fraction of sp³-hybridized carbons (Fsp3) is 0.333. The lowest BCUT2D eigenvalue weighted by atomic mass is 9.74. The van der Waals surface area contributed by atoms with Gasteiger partial charge in [0, 0.05) is 14.9 Å². The van der Waals surface area contributed by atoms with E-state index in [1.54, 1.807) is 11.1 Å². The molecule has 0 radical (unpaired) electrons. The molecule has 0 nitrogen and oxygen atoms in total. The summed E-state index contributed by atoms with van der Waals surface area (Å²) < 4.78 is 1.34. The van der Waals surface area contributed by atoms with Crippen molar-refractivity contribution in [3.8, 4) is 0 Å². The number of halogens is 1. The normalized spacial score (nSPS) is 25.0. The van der Waals surface area contributed by atoms with Crippen molar-refractivity contribution in [1.82, 2.24) is 0 Å². The summed E-state index contributed by atoms with van der Waals surface area (Å²) in [5.41, 5.74) is 7.85. The second-order valence-corrected chi connectivity index (χ2v) is 8.33. The van der Waals surface area contributed by atoms with E-state index in [1.807, 2.05) is 0 Å². The molecule has 0 N–H and O–H groups in total. The van der Waals surface area contributed by atoms with Crippen LogP contribution in [0, 0.1) is 9.49 Å². The van der Waals surface area contributed by atoms with Gasteiger partial charge in [0.15, 0.2) is 0 Å². The number of benzene rings is 1. The summed E-state index contributed by atoms with van der Waals surface area (Å²) >= 11 is 2.43. The van der Waals surface area contributed by atoms with E-state index in [0.29, 0.717) is 5.92 Å². The van der Waals surface area contributed by atoms with Crippen LogP contribution in [0.15, 0.2) is 59.7 Å². The quantitative estimate of drug-likeness (QED) is 0.493. The van der Waals surface area contributed by atoms with Crippen molar-refractivity contribution in [2.24, 2.45) is 5.92 Å². The Bertz CT molecular complexity index is 756. The van der Waals surface area contributed by atoms with Gasteiger partial charge in [0.05, 0.1) is 0 Å². The Labute approximate surface area is 146 Å². The van der Waals surface area contributed by atoms with E-state index in [0.717, 1.165) is 0 Å². The van der Waals surface area contributed by atoms with Crippen LogP contribution in [0.25, 0.3) is 5.57 Å². The van der Waals surface area contributed by atoms with E-state index in [4.69, 9.17) is 0 Å². The second kappa shape index (κ2) is 5.23. The van der Waals surface area contributed by atoms with Crippen LogP contribution in [-0.4, -0.2) is 0 Å². The van der Waals surface area contributed by atoms with Gasteiger partial charge >= 0.3 is 0 Å². The average Bonchev–Trinajstić information content (AvgIpc) is 2.76. The Kier molecular flexibility index (Phi) is 3.44. The van der Waals surface area contributed by atoms with Gasteiger partial charge in [-0.25, -0.2) is 0 Å². The molecule has 0 saturated carbocycles. The molecular formula is C21H21I. The minimum atomic E-state index is 0.167. The number of rotatable bonds is 1. The van der Waals surface area contributed by atoms with Crippen LogP contribution < -0.4 is 0 Å². The van der Waals surface area contributed by atoms with Gasteiger partial charge in [0.2, 0.25) is 0 Å². The van der Waals surface area contributed by atoms with E-state index < -0.39 is 0 Å². The monoisotopic (exact) mass is 400 g/mol. The van der Waals surface area contributed by atoms with Gasteiger partial charge in [-0.05, 0) is 70.7 Å². The van der Waals surface area contributed by atoms with Crippen LogP contribution in [0.5, 0.6) is 0 Å². The van der Waals surface area contributed by atoms with Crippen molar-refractivity contribution in [3.05, 3.63) is 74.4 Å². The Morgan fingerprint density at radius 1 is 1.23 bits per heavy atom. The highest BCUT2D eigenvalue weighted by molar-refractivity contribution is 14.1. The topological polar surface area (TPSA) is 0 Å². The zero-order valence-electron chi connectivity index (χ0n) is 13.2. The first-order valence-corrected chi connectivity index (χ1v) is 9.23. The van der Waals surface area contributed by atoms with E-state index in [-0.39, 0.29) is 5.41 Å². The Hall–Kier alpha value is -1.09. The summed E-state index contributed by atoms with van der Waals surface area (Å²) in [6.45, 7) is 4.80. The third-order valence-electron chi connectivity index (χ3n) is 5.47. The summed E-state index contributed by atoms with van der Waals surface area (Å²) in [6, 6.07) is 6.92. The van der Waals surface area contributed by atoms with Crippen LogP contribution in [0.1, 0.15) is 44.2 Å². The summed E-state index contributed by atoms with van der Waals surface area (Å²) in [5.74, 6) is 0.594. The summed E-state index contributed by atoms with van der Waals surface area (Å²) in [6.07, 6.45) is 15.3. The van der Waals surface area contributed by atoms with Gasteiger partial charge in [-0.3, -0.25) is 0 Å². The lowest BCUT2D eigenvalue weighted by Crippen LogP contribution is -2.21. The molecule has 3 aliphatic rings. The number of hydrogen-bond acceptors (Lipinski definition) is 0. The average molecular weight is 400 g/mol. The summed E-state index contributed by atoms with van der Waals surface area (Å²) in [4.78, 5) is 0. The molecule has 1 heteroatoms. The summed E-state index contributed by atoms with van der Waals surface area (Å²) in [7, 11) is 0. The minimum absolute atomic E-state index is 0.167. The van der Waals surface area contributed by atoms with Gasteiger partial charge < -0.3 is 0 Å². The summed E-state index contributed by atoms with van der Waals surface area (Å²) in [5, 5.41) is 0. The first-order chi connectivity index (χ1) is 10.6. The number of fused-ring (bicyclic) bond motifs is 2. The second-order valence-electron chi connectivity index (χ2n) is 7.09. The van der Waals surface area contributed by atoms with Crippen molar-refractivity contribution in [2.45, 2.75) is 38.5 Å². The van der Waals surface area contributed by atoms with Crippen molar-refractivity contribution in [1.29, 1.82) is 0 Å². The van der Waals surface area contributed by atoms with Gasteiger partial charge in [-0.15, -0.1) is 0 Å². The number of hydrogen-bond donors (Lipinski definition) is 0. The molecule has 1 aromatic carbocycles. The molecule has 112 valence electrons. The number of allylic oxidation sites excluding steroid dienone is 8. The van der Waals surface area contributed by atoms with E-state index in [9.17, 15) is 0 Å². The molecule has 0 aromatic heterocycles. The molecule has 0 bridgehead atoms. The van der Waals surface area contributed by atoms with Gasteiger partial charge in [0.1, 0.15) is 0 Å².